The van der Waals surface area contributed by atoms with E-state index in [1.807, 2.05) is 5.10 Å². The number of rotatable bonds is 7. The third-order valence-corrected chi connectivity index (χ3v) is 5.73. The zero-order valence-corrected chi connectivity index (χ0v) is 19.3. The van der Waals surface area contributed by atoms with Crippen LogP contribution in [0, 0.1) is 5.82 Å². The number of nitrogens with zero attached hydrogens (tertiary/aromatic N) is 5. The molecule has 204 valence electrons. The van der Waals surface area contributed by atoms with Crippen LogP contribution in [-0.2, 0) is 17.4 Å². The lowest BCUT2D eigenvalue weighted by Gasteiger charge is -2.41. The zero-order valence-electron chi connectivity index (χ0n) is 19.3. The summed E-state index contributed by atoms with van der Waals surface area (Å²) in [7, 11) is 1.47. The van der Waals surface area contributed by atoms with Gasteiger partial charge in [0.1, 0.15) is 17.3 Å². The normalized spacial score (nSPS) is 18.6. The van der Waals surface area contributed by atoms with Crippen LogP contribution in [0.3, 0.4) is 0 Å². The van der Waals surface area contributed by atoms with Crippen LogP contribution in [0.2, 0.25) is 0 Å². The van der Waals surface area contributed by atoms with E-state index in [9.17, 15) is 35.9 Å². The largest absolute Gasteiger partial charge is 0.493 e. The highest BCUT2D eigenvalue weighted by Gasteiger charge is 2.61. The minimum atomic E-state index is -5.26. The van der Waals surface area contributed by atoms with Crippen LogP contribution >= 0.6 is 0 Å². The molecule has 3 heterocycles. The van der Waals surface area contributed by atoms with E-state index in [2.05, 4.69) is 15.5 Å². The minimum Gasteiger partial charge on any atom is -0.493 e. The standard InChI is InChI=1S/C21H18F7N7O3/c1-34-7-5-15(31-34)12-10-19(21(26,27)28,29-17(36)16(12)35-18(37)30-32-33-35)13-4-3-11(9-14(13)22)38-8-2-6-20(23,24)25/h3-5,7,9H,2,6,8,10H2,1H3,(H,29,36)(H,30,33,37)/t19-/m0/s1. The van der Waals surface area contributed by atoms with Gasteiger partial charge in [0.15, 0.2) is 5.54 Å². The number of aromatic amines is 1. The summed E-state index contributed by atoms with van der Waals surface area (Å²) in [6.07, 6.45) is -11.0. The average molecular weight is 549 g/mol. The number of H-pyrrole nitrogens is 1. The quantitative estimate of drug-likeness (QED) is 0.346. The first kappa shape index (κ1) is 26.9. The molecule has 0 spiro atoms. The summed E-state index contributed by atoms with van der Waals surface area (Å²) >= 11 is 0. The number of nitrogens with one attached hydrogen (secondary N) is 2. The van der Waals surface area contributed by atoms with Gasteiger partial charge in [-0.15, -0.1) is 0 Å². The van der Waals surface area contributed by atoms with Crippen molar-refractivity contribution in [2.45, 2.75) is 37.2 Å². The number of benzene rings is 1. The van der Waals surface area contributed by atoms with E-state index in [0.717, 1.165) is 12.1 Å². The molecule has 2 aromatic heterocycles. The number of aromatic nitrogens is 6. The van der Waals surface area contributed by atoms with Crippen LogP contribution in [0.1, 0.15) is 30.5 Å². The van der Waals surface area contributed by atoms with Gasteiger partial charge >= 0.3 is 18.0 Å². The summed E-state index contributed by atoms with van der Waals surface area (Å²) in [5.74, 6) is -3.14. The van der Waals surface area contributed by atoms with E-state index in [1.54, 1.807) is 5.32 Å². The molecule has 0 saturated carbocycles. The second-order valence-corrected chi connectivity index (χ2v) is 8.36. The van der Waals surface area contributed by atoms with Crippen LogP contribution in [0.5, 0.6) is 5.75 Å². The second kappa shape index (κ2) is 9.60. The molecule has 38 heavy (non-hydrogen) atoms. The van der Waals surface area contributed by atoms with Gasteiger partial charge in [-0.05, 0) is 35.0 Å². The Balaban J connectivity index is 1.77. The van der Waals surface area contributed by atoms with Gasteiger partial charge in [0, 0.05) is 43.3 Å². The first-order valence-corrected chi connectivity index (χ1v) is 10.8. The highest BCUT2D eigenvalue weighted by atomic mass is 19.4. The van der Waals surface area contributed by atoms with Crippen molar-refractivity contribution >= 4 is 17.2 Å². The molecule has 0 unspecified atom stereocenters. The zero-order chi connectivity index (χ0) is 27.9. The van der Waals surface area contributed by atoms with Crippen molar-refractivity contribution < 1.29 is 40.3 Å². The van der Waals surface area contributed by atoms with Gasteiger partial charge in [-0.25, -0.2) is 14.3 Å². The maximum Gasteiger partial charge on any atom is 0.416 e. The van der Waals surface area contributed by atoms with Gasteiger partial charge in [0.05, 0.1) is 12.3 Å². The summed E-state index contributed by atoms with van der Waals surface area (Å²) in [6, 6.07) is 3.57. The average Bonchev–Trinajstić information content (AvgIpc) is 3.43. The van der Waals surface area contributed by atoms with Gasteiger partial charge in [0.2, 0.25) is 0 Å². The first-order chi connectivity index (χ1) is 17.7. The molecule has 0 fully saturated rings. The fourth-order valence-electron chi connectivity index (χ4n) is 4.02. The van der Waals surface area contributed by atoms with Gasteiger partial charge in [0.25, 0.3) is 5.91 Å². The van der Waals surface area contributed by atoms with Crippen LogP contribution in [0.4, 0.5) is 30.7 Å². The summed E-state index contributed by atoms with van der Waals surface area (Å²) < 4.78 is 103. The summed E-state index contributed by atoms with van der Waals surface area (Å²) in [5, 5.41) is 14.5. The predicted molar refractivity (Wildman–Crippen MR) is 115 cm³/mol. The van der Waals surface area contributed by atoms with E-state index in [1.165, 1.54) is 24.0 Å². The summed E-state index contributed by atoms with van der Waals surface area (Å²) in [4.78, 5) is 25.2. The summed E-state index contributed by atoms with van der Waals surface area (Å²) in [5.41, 5.74) is -6.37. The third kappa shape index (κ3) is 5.12. The maximum atomic E-state index is 15.2. The van der Waals surface area contributed by atoms with Crippen LogP contribution in [0.15, 0.2) is 35.3 Å². The minimum absolute atomic E-state index is 0.106. The Hall–Kier alpha value is -4.18. The number of halogens is 7. The molecule has 3 aromatic rings. The number of aryl methyl sites for hydroxylation is 1. The lowest BCUT2D eigenvalue weighted by molar-refractivity contribution is -0.202. The molecule has 0 saturated heterocycles. The van der Waals surface area contributed by atoms with Crippen molar-refractivity contribution in [3.8, 4) is 5.75 Å². The molecule has 1 aliphatic rings. The third-order valence-electron chi connectivity index (χ3n) is 5.73. The van der Waals surface area contributed by atoms with Crippen LogP contribution in [0.25, 0.3) is 11.3 Å². The van der Waals surface area contributed by atoms with Gasteiger partial charge in [-0.3, -0.25) is 9.48 Å². The number of tetrazole rings is 1. The lowest BCUT2D eigenvalue weighted by atomic mass is 9.78. The van der Waals surface area contributed by atoms with Crippen molar-refractivity contribution in [2.24, 2.45) is 7.05 Å². The molecule has 1 amide bonds. The maximum absolute atomic E-state index is 15.2. The van der Waals surface area contributed by atoms with Crippen molar-refractivity contribution in [3.05, 3.63) is 58.0 Å². The molecule has 10 nitrogen and oxygen atoms in total. The van der Waals surface area contributed by atoms with E-state index >= 15 is 4.39 Å². The SMILES string of the molecule is Cn1ccc(C2=C(n3nn[nH]c3=O)C(=O)N[C@@](c3ccc(OCCCC(F)(F)F)cc3F)(C(F)(F)F)C2)n1. The van der Waals surface area contributed by atoms with E-state index in [-0.39, 0.29) is 17.0 Å². The molecular formula is C21H18F7N7O3. The number of hydrogen-bond donors (Lipinski definition) is 2. The topological polar surface area (TPSA) is 120 Å². The Morgan fingerprint density at radius 1 is 1.13 bits per heavy atom. The Labute approximate surface area is 208 Å². The number of carbonyl (C=O) groups excluding carboxylic acids is 1. The highest BCUT2D eigenvalue weighted by Crippen LogP contribution is 2.49. The van der Waals surface area contributed by atoms with Crippen molar-refractivity contribution in [1.82, 2.24) is 35.3 Å². The van der Waals surface area contributed by atoms with E-state index in [4.69, 9.17) is 4.74 Å². The second-order valence-electron chi connectivity index (χ2n) is 8.36. The monoisotopic (exact) mass is 549 g/mol. The van der Waals surface area contributed by atoms with E-state index < -0.39 is 72.4 Å². The molecule has 2 N–H and O–H groups in total. The number of alkyl halides is 6. The number of carbonyl (C=O) groups is 1. The van der Waals surface area contributed by atoms with Crippen LogP contribution in [-0.4, -0.2) is 54.9 Å². The fourth-order valence-corrected chi connectivity index (χ4v) is 4.02. The lowest BCUT2D eigenvalue weighted by Crippen LogP contribution is -2.59. The van der Waals surface area contributed by atoms with Gasteiger partial charge in [-0.2, -0.15) is 36.1 Å². The Morgan fingerprint density at radius 3 is 2.42 bits per heavy atom. The Kier molecular flexibility index (Phi) is 6.79. The van der Waals surface area contributed by atoms with Gasteiger partial charge < -0.3 is 10.1 Å². The van der Waals surface area contributed by atoms with Gasteiger partial charge in [-0.1, -0.05) is 0 Å². The van der Waals surface area contributed by atoms with Crippen molar-refractivity contribution in [3.63, 3.8) is 0 Å². The highest BCUT2D eigenvalue weighted by molar-refractivity contribution is 6.22. The van der Waals surface area contributed by atoms with E-state index in [0.29, 0.717) is 10.7 Å². The number of ether oxygens (including phenoxy) is 1. The first-order valence-electron chi connectivity index (χ1n) is 10.8. The molecule has 0 bridgehead atoms. The number of amides is 1. The Morgan fingerprint density at radius 2 is 1.87 bits per heavy atom. The molecular weight excluding hydrogens is 531 g/mol. The molecule has 0 aliphatic carbocycles. The summed E-state index contributed by atoms with van der Waals surface area (Å²) in [6.45, 7) is -0.457. The molecule has 17 heteroatoms. The molecule has 1 atom stereocenters. The molecule has 4 rings (SSSR count). The molecule has 1 aliphatic heterocycles. The number of hydrogen-bond acceptors (Lipinski definition) is 6. The van der Waals surface area contributed by atoms with Crippen molar-refractivity contribution in [1.29, 1.82) is 0 Å². The predicted octanol–water partition coefficient (Wildman–Crippen LogP) is 2.91. The molecule has 0 radical (unpaired) electrons. The fraction of sp³-hybridized carbons (Fsp3) is 0.381. The smallest absolute Gasteiger partial charge is 0.416 e. The Bertz CT molecular complexity index is 1440. The van der Waals surface area contributed by atoms with Crippen molar-refractivity contribution in [2.75, 3.05) is 6.61 Å². The molecule has 1 aromatic carbocycles. The van der Waals surface area contributed by atoms with Crippen LogP contribution < -0.4 is 15.7 Å².